The number of halogens is 4. The third-order valence-electron chi connectivity index (χ3n) is 1.64. The minimum atomic E-state index is -1.67. The molecule has 0 saturated carbocycles. The minimum absolute atomic E-state index is 0.0663. The van der Waals surface area contributed by atoms with Gasteiger partial charge >= 0.3 is 0 Å². The average molecular weight is 324 g/mol. The molecule has 2 nitrogen and oxygen atoms in total. The fourth-order valence-electron chi connectivity index (χ4n) is 0.957. The predicted molar refractivity (Wildman–Crippen MR) is 72.1 cm³/mol. The lowest BCUT2D eigenvalue weighted by Crippen LogP contribution is -1.88. The zero-order chi connectivity index (χ0) is 12.7. The molecular formula is C9H10Cl4O2S. The summed E-state index contributed by atoms with van der Waals surface area (Å²) in [5, 5.41) is 0.584. The monoisotopic (exact) mass is 322 g/mol. The van der Waals surface area contributed by atoms with Gasteiger partial charge < -0.3 is 4.74 Å². The van der Waals surface area contributed by atoms with Crippen LogP contribution in [0.25, 0.3) is 0 Å². The van der Waals surface area contributed by atoms with Crippen LogP contribution < -0.4 is 4.74 Å². The second kappa shape index (κ2) is 8.43. The molecule has 0 radical (unpaired) electrons. The van der Waals surface area contributed by atoms with Crippen LogP contribution in [0.3, 0.4) is 0 Å². The fraction of sp³-hybridized carbons (Fsp3) is 0.333. The molecule has 0 saturated heterocycles. The zero-order valence-electron chi connectivity index (χ0n) is 8.55. The Morgan fingerprint density at radius 2 is 1.88 bits per heavy atom. The highest BCUT2D eigenvalue weighted by Gasteiger charge is 2.06. The van der Waals surface area contributed by atoms with Crippen molar-refractivity contribution in [3.8, 4) is 5.75 Å². The van der Waals surface area contributed by atoms with Gasteiger partial charge in [-0.1, -0.05) is 17.7 Å². The van der Waals surface area contributed by atoms with Crippen molar-refractivity contribution >= 4 is 53.8 Å². The Kier molecular flexibility index (Phi) is 8.60. The first kappa shape index (κ1) is 16.3. The van der Waals surface area contributed by atoms with Gasteiger partial charge in [-0.05, 0) is 24.6 Å². The van der Waals surface area contributed by atoms with E-state index < -0.39 is 9.23 Å². The maximum Gasteiger partial charge on any atom is 0.211 e. The highest BCUT2D eigenvalue weighted by Crippen LogP contribution is 2.30. The smallest absolute Gasteiger partial charge is 0.211 e. The SMILES string of the molecule is COc1ccc(C(C)Cl)c(Cl)c1.O=S(Cl)Cl. The van der Waals surface area contributed by atoms with Crippen molar-refractivity contribution < 1.29 is 8.95 Å². The van der Waals surface area contributed by atoms with E-state index in [9.17, 15) is 0 Å². The van der Waals surface area contributed by atoms with E-state index in [1.165, 1.54) is 0 Å². The summed E-state index contributed by atoms with van der Waals surface area (Å²) in [5.41, 5.74) is 0.930. The van der Waals surface area contributed by atoms with Crippen LogP contribution in [-0.4, -0.2) is 11.3 Å². The fourth-order valence-corrected chi connectivity index (χ4v) is 1.54. The molecule has 0 aliphatic rings. The molecular weight excluding hydrogens is 314 g/mol. The van der Waals surface area contributed by atoms with Crippen molar-refractivity contribution in [1.29, 1.82) is 0 Å². The quantitative estimate of drug-likeness (QED) is 0.583. The predicted octanol–water partition coefficient (Wildman–Crippen LogP) is 4.69. The van der Waals surface area contributed by atoms with Crippen LogP contribution >= 0.6 is 44.6 Å². The molecule has 1 atom stereocenters. The first-order valence-corrected chi connectivity index (χ1v) is 7.72. The van der Waals surface area contributed by atoms with Gasteiger partial charge in [-0.15, -0.1) is 11.6 Å². The summed E-state index contributed by atoms with van der Waals surface area (Å²) in [4.78, 5) is 0. The molecule has 0 bridgehead atoms. The van der Waals surface area contributed by atoms with Gasteiger partial charge in [0.05, 0.1) is 12.5 Å². The van der Waals surface area contributed by atoms with E-state index in [4.69, 9.17) is 32.1 Å². The second-order valence-corrected chi connectivity index (χ2v) is 6.27. The van der Waals surface area contributed by atoms with Crippen molar-refractivity contribution in [2.24, 2.45) is 0 Å². The Bertz CT molecular complexity index is 353. The van der Waals surface area contributed by atoms with Crippen LogP contribution in [0.2, 0.25) is 5.02 Å². The molecule has 1 aromatic carbocycles. The Morgan fingerprint density at radius 3 is 2.19 bits per heavy atom. The third-order valence-corrected chi connectivity index (χ3v) is 2.20. The zero-order valence-corrected chi connectivity index (χ0v) is 12.4. The van der Waals surface area contributed by atoms with Gasteiger partial charge in [-0.25, -0.2) is 4.21 Å². The summed E-state index contributed by atoms with van der Waals surface area (Å²) < 4.78 is 14.1. The maximum absolute atomic E-state index is 9.09. The Labute approximate surface area is 116 Å². The van der Waals surface area contributed by atoms with E-state index in [0.717, 1.165) is 11.3 Å². The number of hydrogen-bond donors (Lipinski definition) is 0. The van der Waals surface area contributed by atoms with Gasteiger partial charge in [0.15, 0.2) is 0 Å². The van der Waals surface area contributed by atoms with Gasteiger partial charge in [-0.3, -0.25) is 0 Å². The van der Waals surface area contributed by atoms with E-state index in [0.29, 0.717) is 5.02 Å². The lowest BCUT2D eigenvalue weighted by Gasteiger charge is -2.07. The molecule has 0 fully saturated rings. The van der Waals surface area contributed by atoms with E-state index in [1.54, 1.807) is 13.2 Å². The largest absolute Gasteiger partial charge is 0.497 e. The molecule has 0 aliphatic heterocycles. The van der Waals surface area contributed by atoms with Crippen LogP contribution in [0.4, 0.5) is 0 Å². The molecule has 0 heterocycles. The van der Waals surface area contributed by atoms with E-state index >= 15 is 0 Å². The van der Waals surface area contributed by atoms with Crippen molar-refractivity contribution in [2.45, 2.75) is 12.3 Å². The normalized spacial score (nSPS) is 11.7. The molecule has 16 heavy (non-hydrogen) atoms. The van der Waals surface area contributed by atoms with Gasteiger partial charge in [0.1, 0.15) is 5.75 Å². The molecule has 0 aromatic heterocycles. The number of methoxy groups -OCH3 is 1. The Morgan fingerprint density at radius 1 is 1.38 bits per heavy atom. The summed E-state index contributed by atoms with van der Waals surface area (Å²) >= 11 is 11.8. The molecule has 1 rings (SSSR count). The van der Waals surface area contributed by atoms with E-state index in [2.05, 4.69) is 21.4 Å². The van der Waals surface area contributed by atoms with Crippen molar-refractivity contribution in [3.05, 3.63) is 28.8 Å². The molecule has 0 aliphatic carbocycles. The summed E-state index contributed by atoms with van der Waals surface area (Å²) in [6.45, 7) is 1.88. The summed E-state index contributed by atoms with van der Waals surface area (Å²) in [6.07, 6.45) is 0. The van der Waals surface area contributed by atoms with Gasteiger partial charge in [0, 0.05) is 26.4 Å². The van der Waals surface area contributed by atoms with Crippen LogP contribution in [0.1, 0.15) is 17.9 Å². The highest BCUT2D eigenvalue weighted by atomic mass is 36.0. The lowest BCUT2D eigenvalue weighted by molar-refractivity contribution is 0.414. The first-order chi connectivity index (χ1) is 7.38. The van der Waals surface area contributed by atoms with E-state index in [-0.39, 0.29) is 5.38 Å². The number of rotatable bonds is 2. The first-order valence-electron chi connectivity index (χ1n) is 4.10. The average Bonchev–Trinajstić information content (AvgIpc) is 2.16. The van der Waals surface area contributed by atoms with Crippen molar-refractivity contribution in [1.82, 2.24) is 0 Å². The van der Waals surface area contributed by atoms with Crippen LogP contribution in [0, 0.1) is 0 Å². The van der Waals surface area contributed by atoms with E-state index in [1.807, 2.05) is 19.1 Å². The molecule has 7 heteroatoms. The Balaban J connectivity index is 0.000000487. The molecule has 1 unspecified atom stereocenters. The van der Waals surface area contributed by atoms with Gasteiger partial charge in [-0.2, -0.15) is 0 Å². The standard InChI is InChI=1S/C9H10Cl2O.Cl2OS/c1-6(10)8-4-3-7(12-2)5-9(8)11;1-4(2)3/h3-6H,1-2H3;. The number of ether oxygens (including phenoxy) is 1. The van der Waals surface area contributed by atoms with Crippen molar-refractivity contribution in [2.75, 3.05) is 7.11 Å². The molecule has 1 aromatic rings. The number of benzene rings is 1. The lowest BCUT2D eigenvalue weighted by atomic mass is 10.1. The van der Waals surface area contributed by atoms with Crippen LogP contribution in [0.15, 0.2) is 18.2 Å². The summed E-state index contributed by atoms with van der Waals surface area (Å²) in [5.74, 6) is 0.751. The Hall–Kier alpha value is 0.330. The molecule has 0 amide bonds. The molecule has 92 valence electrons. The summed E-state index contributed by atoms with van der Waals surface area (Å²) in [7, 11) is 8.96. The van der Waals surface area contributed by atoms with Gasteiger partial charge in [0.2, 0.25) is 9.23 Å². The number of hydrogen-bond acceptors (Lipinski definition) is 2. The second-order valence-electron chi connectivity index (χ2n) is 2.69. The topological polar surface area (TPSA) is 26.3 Å². The minimum Gasteiger partial charge on any atom is -0.497 e. The number of alkyl halides is 1. The molecule has 0 spiro atoms. The molecule has 0 N–H and O–H groups in total. The highest BCUT2D eigenvalue weighted by molar-refractivity contribution is 8.26. The third kappa shape index (κ3) is 6.81. The van der Waals surface area contributed by atoms with Gasteiger partial charge in [0.25, 0.3) is 0 Å². The van der Waals surface area contributed by atoms with Crippen LogP contribution in [-0.2, 0) is 9.23 Å². The van der Waals surface area contributed by atoms with Crippen LogP contribution in [0.5, 0.6) is 5.75 Å². The summed E-state index contributed by atoms with van der Waals surface area (Å²) in [6, 6.07) is 5.48. The maximum atomic E-state index is 9.09. The van der Waals surface area contributed by atoms with Crippen molar-refractivity contribution in [3.63, 3.8) is 0 Å².